The number of guanidine groups is 1. The van der Waals surface area contributed by atoms with Crippen LogP contribution in [-0.2, 0) is 6.54 Å². The molecule has 0 unspecified atom stereocenters. The van der Waals surface area contributed by atoms with Crippen LogP contribution in [0.5, 0.6) is 5.75 Å². The van der Waals surface area contributed by atoms with E-state index in [-0.39, 0.29) is 24.0 Å². The Morgan fingerprint density at radius 3 is 2.50 bits per heavy atom. The van der Waals surface area contributed by atoms with Crippen molar-refractivity contribution in [2.45, 2.75) is 46.1 Å². The first-order valence-electron chi connectivity index (χ1n) is 10.7. The molecule has 0 radical (unpaired) electrons. The molecule has 1 aromatic heterocycles. The molecule has 1 fully saturated rings. The fourth-order valence-corrected chi connectivity index (χ4v) is 3.77. The van der Waals surface area contributed by atoms with E-state index in [0.717, 1.165) is 68.7 Å². The van der Waals surface area contributed by atoms with Crippen molar-refractivity contribution in [2.75, 3.05) is 37.6 Å². The number of phenolic OH excluding ortho intramolecular Hbond substituents is 1. The van der Waals surface area contributed by atoms with E-state index in [1.54, 1.807) is 6.07 Å². The lowest BCUT2D eigenvalue weighted by Crippen LogP contribution is -2.52. The molecule has 2 N–H and O–H groups in total. The number of nitrogens with zero attached hydrogens (tertiary/aromatic N) is 4. The van der Waals surface area contributed by atoms with Crippen LogP contribution in [-0.4, -0.2) is 53.8 Å². The molecule has 1 aliphatic heterocycles. The standard InChI is InChI=1S/C22H33N5O2.HI/c1-4-17(5-2)19-15-18(29-25-19)16-24-22(23-6-3)27-13-11-26(12-14-27)20-9-7-8-10-21(20)28;/h7-10,15,17,28H,4-6,11-14,16H2,1-3H3,(H,23,24);1H. The lowest BCUT2D eigenvalue weighted by atomic mass is 9.99. The molecular formula is C22H34IN5O2. The van der Waals surface area contributed by atoms with E-state index < -0.39 is 0 Å². The fraction of sp³-hybridized carbons (Fsp3) is 0.545. The summed E-state index contributed by atoms with van der Waals surface area (Å²) < 4.78 is 5.51. The Hall–Kier alpha value is -1.97. The maximum absolute atomic E-state index is 10.1. The van der Waals surface area contributed by atoms with Gasteiger partial charge in [0.2, 0.25) is 0 Å². The Balaban J connectivity index is 0.00000320. The second kappa shape index (κ2) is 12.0. The first kappa shape index (κ1) is 24.3. The number of piperazine rings is 1. The molecule has 2 aromatic rings. The van der Waals surface area contributed by atoms with Gasteiger partial charge >= 0.3 is 0 Å². The molecule has 3 rings (SSSR count). The second-order valence-corrected chi connectivity index (χ2v) is 7.36. The third-order valence-electron chi connectivity index (χ3n) is 5.50. The largest absolute Gasteiger partial charge is 0.506 e. The Labute approximate surface area is 196 Å². The van der Waals surface area contributed by atoms with Gasteiger partial charge in [-0.1, -0.05) is 31.1 Å². The summed E-state index contributed by atoms with van der Waals surface area (Å²) in [6.45, 7) is 11.1. The number of aliphatic imine (C=N–C) groups is 1. The van der Waals surface area contributed by atoms with Crippen LogP contribution in [0.2, 0.25) is 0 Å². The molecule has 1 aromatic carbocycles. The van der Waals surface area contributed by atoms with Gasteiger partial charge in [-0.15, -0.1) is 24.0 Å². The normalized spacial score (nSPS) is 14.7. The van der Waals surface area contributed by atoms with Crippen LogP contribution in [0.3, 0.4) is 0 Å². The van der Waals surface area contributed by atoms with Crippen molar-refractivity contribution in [3.8, 4) is 5.75 Å². The van der Waals surface area contributed by atoms with Crippen LogP contribution in [0.15, 0.2) is 39.8 Å². The highest BCUT2D eigenvalue weighted by Crippen LogP contribution is 2.27. The van der Waals surface area contributed by atoms with Gasteiger partial charge in [0, 0.05) is 44.7 Å². The maximum Gasteiger partial charge on any atom is 0.194 e. The fourth-order valence-electron chi connectivity index (χ4n) is 3.77. The SMILES string of the molecule is CCNC(=NCc1cc(C(CC)CC)no1)N1CCN(c2ccccc2O)CC1.I. The number of hydrogen-bond acceptors (Lipinski definition) is 5. The molecule has 0 amide bonds. The molecule has 1 aliphatic rings. The maximum atomic E-state index is 10.1. The number of benzene rings is 1. The van der Waals surface area contributed by atoms with E-state index in [4.69, 9.17) is 9.52 Å². The van der Waals surface area contributed by atoms with Crippen molar-refractivity contribution in [2.24, 2.45) is 4.99 Å². The Bertz CT molecular complexity index is 798. The number of anilines is 1. The van der Waals surface area contributed by atoms with E-state index in [1.807, 2.05) is 24.3 Å². The van der Waals surface area contributed by atoms with Crippen LogP contribution in [0.1, 0.15) is 51.0 Å². The van der Waals surface area contributed by atoms with Crippen LogP contribution >= 0.6 is 24.0 Å². The van der Waals surface area contributed by atoms with Gasteiger partial charge in [-0.3, -0.25) is 0 Å². The first-order chi connectivity index (χ1) is 14.2. The molecule has 8 heteroatoms. The zero-order chi connectivity index (χ0) is 20.6. The monoisotopic (exact) mass is 527 g/mol. The second-order valence-electron chi connectivity index (χ2n) is 7.36. The summed E-state index contributed by atoms with van der Waals surface area (Å²) in [4.78, 5) is 9.25. The minimum Gasteiger partial charge on any atom is -0.506 e. The van der Waals surface area contributed by atoms with E-state index in [9.17, 15) is 5.11 Å². The number of nitrogens with one attached hydrogen (secondary N) is 1. The Morgan fingerprint density at radius 1 is 1.17 bits per heavy atom. The van der Waals surface area contributed by atoms with E-state index in [1.165, 1.54) is 0 Å². The van der Waals surface area contributed by atoms with Crippen LogP contribution in [0.25, 0.3) is 0 Å². The predicted molar refractivity (Wildman–Crippen MR) is 132 cm³/mol. The predicted octanol–water partition coefficient (Wildman–Crippen LogP) is 4.19. The molecule has 2 heterocycles. The Morgan fingerprint density at radius 2 is 1.87 bits per heavy atom. The van der Waals surface area contributed by atoms with Gasteiger partial charge in [0.15, 0.2) is 11.7 Å². The summed E-state index contributed by atoms with van der Waals surface area (Å²) >= 11 is 0. The summed E-state index contributed by atoms with van der Waals surface area (Å²) in [5, 5.41) is 17.7. The number of aromatic hydroxyl groups is 1. The van der Waals surface area contributed by atoms with Gasteiger partial charge in [-0.25, -0.2) is 4.99 Å². The number of para-hydroxylation sites is 2. The van der Waals surface area contributed by atoms with Gasteiger partial charge in [0.1, 0.15) is 12.3 Å². The van der Waals surface area contributed by atoms with E-state index in [2.05, 4.69) is 41.0 Å². The summed E-state index contributed by atoms with van der Waals surface area (Å²) in [6.07, 6.45) is 2.13. The summed E-state index contributed by atoms with van der Waals surface area (Å²) in [6, 6.07) is 9.55. The van der Waals surface area contributed by atoms with Crippen LogP contribution in [0.4, 0.5) is 5.69 Å². The van der Waals surface area contributed by atoms with Crippen molar-refractivity contribution in [3.63, 3.8) is 0 Å². The average Bonchev–Trinajstić information content (AvgIpc) is 3.21. The van der Waals surface area contributed by atoms with E-state index >= 15 is 0 Å². The lowest BCUT2D eigenvalue weighted by molar-refractivity contribution is 0.361. The average molecular weight is 527 g/mol. The van der Waals surface area contributed by atoms with Gasteiger partial charge in [-0.05, 0) is 31.9 Å². The smallest absolute Gasteiger partial charge is 0.194 e. The highest BCUT2D eigenvalue weighted by Gasteiger charge is 2.21. The molecule has 7 nitrogen and oxygen atoms in total. The molecule has 0 atom stereocenters. The van der Waals surface area contributed by atoms with Crippen molar-refractivity contribution in [1.82, 2.24) is 15.4 Å². The molecule has 0 aliphatic carbocycles. The Kier molecular flexibility index (Phi) is 9.74. The topological polar surface area (TPSA) is 77.1 Å². The first-order valence-corrected chi connectivity index (χ1v) is 10.7. The molecule has 166 valence electrons. The number of hydrogen-bond donors (Lipinski definition) is 2. The lowest BCUT2D eigenvalue weighted by Gasteiger charge is -2.37. The molecule has 0 spiro atoms. The molecular weight excluding hydrogens is 493 g/mol. The number of halogens is 1. The van der Waals surface area contributed by atoms with E-state index in [0.29, 0.717) is 18.2 Å². The molecule has 1 saturated heterocycles. The molecule has 30 heavy (non-hydrogen) atoms. The highest BCUT2D eigenvalue weighted by molar-refractivity contribution is 14.0. The van der Waals surface area contributed by atoms with Gasteiger partial charge < -0.3 is 24.7 Å². The summed E-state index contributed by atoms with van der Waals surface area (Å²) in [5.41, 5.74) is 1.92. The van der Waals surface area contributed by atoms with Crippen molar-refractivity contribution in [3.05, 3.63) is 41.8 Å². The van der Waals surface area contributed by atoms with Gasteiger partial charge in [-0.2, -0.15) is 0 Å². The summed E-state index contributed by atoms with van der Waals surface area (Å²) in [5.74, 6) is 2.48. The number of aromatic nitrogens is 1. The zero-order valence-electron chi connectivity index (χ0n) is 18.2. The van der Waals surface area contributed by atoms with Crippen molar-refractivity contribution in [1.29, 1.82) is 0 Å². The summed E-state index contributed by atoms with van der Waals surface area (Å²) in [7, 11) is 0. The highest BCUT2D eigenvalue weighted by atomic mass is 127. The minimum atomic E-state index is 0. The van der Waals surface area contributed by atoms with Gasteiger partial charge in [0.25, 0.3) is 0 Å². The van der Waals surface area contributed by atoms with Crippen LogP contribution < -0.4 is 10.2 Å². The zero-order valence-corrected chi connectivity index (χ0v) is 20.5. The third kappa shape index (κ3) is 6.02. The van der Waals surface area contributed by atoms with Crippen molar-refractivity contribution < 1.29 is 9.63 Å². The number of rotatable bonds is 7. The number of phenols is 1. The van der Waals surface area contributed by atoms with Crippen LogP contribution in [0, 0.1) is 0 Å². The molecule has 0 bridgehead atoms. The third-order valence-corrected chi connectivity index (χ3v) is 5.50. The minimum absolute atomic E-state index is 0. The van der Waals surface area contributed by atoms with Crippen molar-refractivity contribution >= 4 is 35.6 Å². The quantitative estimate of drug-likeness (QED) is 0.320. The molecule has 0 saturated carbocycles. The van der Waals surface area contributed by atoms with Gasteiger partial charge in [0.05, 0.1) is 11.4 Å².